The molecule has 4 nitrogen and oxygen atoms in total. The van der Waals surface area contributed by atoms with Crippen LogP contribution in [0.1, 0.15) is 42.7 Å². The number of hydrogen-bond donors (Lipinski definition) is 1. The molecule has 1 saturated carbocycles. The van der Waals surface area contributed by atoms with Crippen molar-refractivity contribution in [3.8, 4) is 0 Å². The Balaban J connectivity index is 1.51. The summed E-state index contributed by atoms with van der Waals surface area (Å²) in [5.74, 6) is 0.401. The van der Waals surface area contributed by atoms with Gasteiger partial charge in [-0.05, 0) is 56.8 Å². The molecule has 1 heterocycles. The molecular formula is C25H33N3O. The highest BCUT2D eigenvalue weighted by Gasteiger charge is 2.45. The zero-order chi connectivity index (χ0) is 20.4. The van der Waals surface area contributed by atoms with Crippen LogP contribution in [0.4, 0.5) is 0 Å². The van der Waals surface area contributed by atoms with E-state index >= 15 is 0 Å². The third-order valence-electron chi connectivity index (χ3n) is 7.29. The minimum atomic E-state index is -0.0963. The van der Waals surface area contributed by atoms with Gasteiger partial charge in [-0.1, -0.05) is 60.7 Å². The Morgan fingerprint density at radius 1 is 0.966 bits per heavy atom. The van der Waals surface area contributed by atoms with Gasteiger partial charge in [0.15, 0.2) is 0 Å². The van der Waals surface area contributed by atoms with E-state index in [9.17, 15) is 4.79 Å². The molecular weight excluding hydrogens is 358 g/mol. The van der Waals surface area contributed by atoms with Gasteiger partial charge in [0.05, 0.1) is 5.92 Å². The fourth-order valence-electron chi connectivity index (χ4n) is 5.51. The van der Waals surface area contributed by atoms with Gasteiger partial charge in [0.25, 0.3) is 0 Å². The summed E-state index contributed by atoms with van der Waals surface area (Å²) in [4.78, 5) is 18.0. The van der Waals surface area contributed by atoms with Crippen LogP contribution in [0.5, 0.6) is 0 Å². The molecule has 154 valence electrons. The van der Waals surface area contributed by atoms with Gasteiger partial charge in [0.1, 0.15) is 0 Å². The molecule has 1 amide bonds. The molecule has 2 N–H and O–H groups in total. The summed E-state index contributed by atoms with van der Waals surface area (Å²) in [6, 6.07) is 21.1. The van der Waals surface area contributed by atoms with Gasteiger partial charge in [0, 0.05) is 24.7 Å². The topological polar surface area (TPSA) is 49.6 Å². The summed E-state index contributed by atoms with van der Waals surface area (Å²) < 4.78 is 0. The minimum Gasteiger partial charge on any atom is -0.342 e. The monoisotopic (exact) mass is 391 g/mol. The van der Waals surface area contributed by atoms with Gasteiger partial charge >= 0.3 is 0 Å². The van der Waals surface area contributed by atoms with Gasteiger partial charge in [-0.15, -0.1) is 0 Å². The first-order chi connectivity index (χ1) is 14.0. The van der Waals surface area contributed by atoms with E-state index < -0.39 is 0 Å². The molecule has 1 aliphatic carbocycles. The lowest BCUT2D eigenvalue weighted by atomic mass is 9.79. The van der Waals surface area contributed by atoms with Gasteiger partial charge in [-0.25, -0.2) is 0 Å². The molecule has 4 heteroatoms. The Kier molecular flexibility index (Phi) is 5.75. The highest BCUT2D eigenvalue weighted by Crippen LogP contribution is 2.42. The second-order valence-electron chi connectivity index (χ2n) is 8.90. The van der Waals surface area contributed by atoms with E-state index in [1.165, 1.54) is 11.1 Å². The van der Waals surface area contributed by atoms with Crippen molar-refractivity contribution in [3.63, 3.8) is 0 Å². The highest BCUT2D eigenvalue weighted by molar-refractivity contribution is 5.81. The minimum absolute atomic E-state index is 0.00529. The molecule has 3 atom stereocenters. The van der Waals surface area contributed by atoms with Crippen LogP contribution < -0.4 is 5.73 Å². The molecule has 0 aromatic heterocycles. The standard InChI is InChI=1S/C25H33N3O/c1-27(2)25(20-11-7-4-8-12-20)15-17-28(18-16-25)24(29)23-21(13-14-22(23)26)19-9-5-3-6-10-19/h3-12,21-23H,13-18,26H2,1-2H3. The maximum absolute atomic E-state index is 13.5. The Morgan fingerprint density at radius 3 is 2.14 bits per heavy atom. The number of amides is 1. The van der Waals surface area contributed by atoms with Crippen LogP contribution in [-0.4, -0.2) is 48.9 Å². The van der Waals surface area contributed by atoms with Crippen LogP contribution in [0, 0.1) is 5.92 Å². The molecule has 4 rings (SSSR count). The van der Waals surface area contributed by atoms with E-state index in [1.807, 2.05) is 6.07 Å². The largest absolute Gasteiger partial charge is 0.342 e. The average molecular weight is 392 g/mol. The van der Waals surface area contributed by atoms with Crippen molar-refractivity contribution >= 4 is 5.91 Å². The van der Waals surface area contributed by atoms with Gasteiger partial charge < -0.3 is 10.6 Å². The summed E-state index contributed by atoms with van der Waals surface area (Å²) in [5.41, 5.74) is 9.04. The predicted octanol–water partition coefficient (Wildman–Crippen LogP) is 3.59. The van der Waals surface area contributed by atoms with Crippen molar-refractivity contribution < 1.29 is 4.79 Å². The van der Waals surface area contributed by atoms with Crippen molar-refractivity contribution in [1.29, 1.82) is 0 Å². The zero-order valence-electron chi connectivity index (χ0n) is 17.6. The van der Waals surface area contributed by atoms with E-state index in [4.69, 9.17) is 5.73 Å². The Morgan fingerprint density at radius 2 is 1.55 bits per heavy atom. The maximum atomic E-state index is 13.5. The van der Waals surface area contributed by atoms with Crippen molar-refractivity contribution in [2.24, 2.45) is 11.7 Å². The van der Waals surface area contributed by atoms with Crippen LogP contribution in [-0.2, 0) is 10.3 Å². The van der Waals surface area contributed by atoms with Crippen molar-refractivity contribution in [2.45, 2.75) is 43.2 Å². The summed E-state index contributed by atoms with van der Waals surface area (Å²) in [6.07, 6.45) is 3.83. The van der Waals surface area contributed by atoms with Gasteiger partial charge in [-0.2, -0.15) is 0 Å². The molecule has 2 aromatic rings. The van der Waals surface area contributed by atoms with Crippen LogP contribution in [0.25, 0.3) is 0 Å². The fourth-order valence-corrected chi connectivity index (χ4v) is 5.51. The molecule has 3 unspecified atom stereocenters. The number of piperidine rings is 1. The number of carbonyl (C=O) groups excluding carboxylic acids is 1. The van der Waals surface area contributed by atoms with Crippen molar-refractivity contribution in [2.75, 3.05) is 27.2 Å². The van der Waals surface area contributed by atoms with Crippen LogP contribution in [0.2, 0.25) is 0 Å². The number of carbonyl (C=O) groups is 1. The smallest absolute Gasteiger partial charge is 0.227 e. The summed E-state index contributed by atoms with van der Waals surface area (Å²) in [7, 11) is 4.31. The van der Waals surface area contributed by atoms with Crippen LogP contribution >= 0.6 is 0 Å². The summed E-state index contributed by atoms with van der Waals surface area (Å²) >= 11 is 0. The Bertz CT molecular complexity index is 812. The maximum Gasteiger partial charge on any atom is 0.227 e. The van der Waals surface area contributed by atoms with Crippen molar-refractivity contribution in [1.82, 2.24) is 9.80 Å². The van der Waals surface area contributed by atoms with Gasteiger partial charge in [-0.3, -0.25) is 9.69 Å². The number of benzene rings is 2. The third-order valence-corrected chi connectivity index (χ3v) is 7.29. The molecule has 29 heavy (non-hydrogen) atoms. The molecule has 0 spiro atoms. The third kappa shape index (κ3) is 3.72. The second-order valence-corrected chi connectivity index (χ2v) is 8.90. The second kappa shape index (κ2) is 8.29. The zero-order valence-corrected chi connectivity index (χ0v) is 17.6. The highest BCUT2D eigenvalue weighted by atomic mass is 16.2. The quantitative estimate of drug-likeness (QED) is 0.867. The number of nitrogens with zero attached hydrogens (tertiary/aromatic N) is 2. The molecule has 0 radical (unpaired) electrons. The molecule has 1 aliphatic heterocycles. The first-order valence-corrected chi connectivity index (χ1v) is 10.9. The molecule has 2 aromatic carbocycles. The summed E-state index contributed by atoms with van der Waals surface area (Å²) in [6.45, 7) is 1.58. The Labute approximate surface area is 174 Å². The van der Waals surface area contributed by atoms with E-state index in [-0.39, 0.29) is 29.3 Å². The first kappa shape index (κ1) is 20.1. The lowest BCUT2D eigenvalue weighted by Crippen LogP contribution is -2.54. The molecule has 2 fully saturated rings. The van der Waals surface area contributed by atoms with E-state index in [2.05, 4.69) is 78.5 Å². The SMILES string of the molecule is CN(C)C1(c2ccccc2)CCN(C(=O)C2C(N)CCC2c2ccccc2)CC1. The van der Waals surface area contributed by atoms with Crippen LogP contribution in [0.3, 0.4) is 0 Å². The normalized spacial score (nSPS) is 26.6. The molecule has 2 aliphatic rings. The number of likely N-dealkylation sites (tertiary alicyclic amines) is 1. The summed E-state index contributed by atoms with van der Waals surface area (Å²) in [5, 5.41) is 0. The van der Waals surface area contributed by atoms with Crippen molar-refractivity contribution in [3.05, 3.63) is 71.8 Å². The number of rotatable bonds is 4. The fraction of sp³-hybridized carbons (Fsp3) is 0.480. The lowest BCUT2D eigenvalue weighted by molar-refractivity contribution is -0.139. The molecule has 1 saturated heterocycles. The number of hydrogen-bond acceptors (Lipinski definition) is 3. The van der Waals surface area contributed by atoms with E-state index in [1.54, 1.807) is 0 Å². The molecule has 0 bridgehead atoms. The average Bonchev–Trinajstić information content (AvgIpc) is 3.15. The predicted molar refractivity (Wildman–Crippen MR) is 118 cm³/mol. The lowest BCUT2D eigenvalue weighted by Gasteiger charge is -2.47. The van der Waals surface area contributed by atoms with Gasteiger partial charge in [0.2, 0.25) is 5.91 Å². The van der Waals surface area contributed by atoms with Crippen LogP contribution in [0.15, 0.2) is 60.7 Å². The Hall–Kier alpha value is -2.17. The van der Waals surface area contributed by atoms with E-state index in [0.29, 0.717) is 0 Å². The number of nitrogens with two attached hydrogens (primary N) is 1. The first-order valence-electron chi connectivity index (χ1n) is 10.9. The van der Waals surface area contributed by atoms with E-state index in [0.717, 1.165) is 38.8 Å².